The minimum Gasteiger partial charge on any atom is -0.436 e. The summed E-state index contributed by atoms with van der Waals surface area (Å²) in [6.07, 6.45) is 0. The summed E-state index contributed by atoms with van der Waals surface area (Å²) < 4.78 is 6.85. The van der Waals surface area contributed by atoms with Crippen molar-refractivity contribution < 1.29 is 9.21 Å². The van der Waals surface area contributed by atoms with E-state index in [4.69, 9.17) is 51.4 Å². The highest BCUT2D eigenvalue weighted by atomic mass is 35.5. The molecule has 2 N–H and O–H groups in total. The fourth-order valence-corrected chi connectivity index (χ4v) is 6.22. The predicted molar refractivity (Wildman–Crippen MR) is 157 cm³/mol. The van der Waals surface area contributed by atoms with Crippen LogP contribution >= 0.6 is 58.4 Å². The lowest BCUT2D eigenvalue weighted by Gasteiger charge is -2.08. The molecule has 2 aromatic heterocycles. The molecule has 0 bridgehead atoms. The van der Waals surface area contributed by atoms with Gasteiger partial charge in [-0.25, -0.2) is 4.98 Å². The van der Waals surface area contributed by atoms with E-state index in [0.717, 1.165) is 26.4 Å². The van der Waals surface area contributed by atoms with E-state index in [2.05, 4.69) is 15.6 Å². The Morgan fingerprint density at radius 3 is 2.59 bits per heavy atom. The maximum absolute atomic E-state index is 12.8. The van der Waals surface area contributed by atoms with Crippen LogP contribution in [0.5, 0.6) is 0 Å². The second kappa shape index (κ2) is 9.59. The van der Waals surface area contributed by atoms with Gasteiger partial charge in [0.1, 0.15) is 10.4 Å². The molecule has 37 heavy (non-hydrogen) atoms. The number of thiophene rings is 1. The van der Waals surface area contributed by atoms with E-state index in [1.807, 2.05) is 36.4 Å². The molecule has 0 aliphatic carbocycles. The fraction of sp³-hybridized carbons (Fsp3) is 0. The molecule has 6 aromatic rings. The molecule has 0 atom stereocenters. The van der Waals surface area contributed by atoms with Gasteiger partial charge < -0.3 is 9.73 Å². The average molecular weight is 583 g/mol. The van der Waals surface area contributed by atoms with E-state index in [9.17, 15) is 4.79 Å². The minimum absolute atomic E-state index is 0.128. The minimum atomic E-state index is -0.403. The molecule has 5 nitrogen and oxygen atoms in total. The number of hydrogen-bond acceptors (Lipinski definition) is 5. The van der Waals surface area contributed by atoms with Crippen molar-refractivity contribution in [1.29, 1.82) is 0 Å². The summed E-state index contributed by atoms with van der Waals surface area (Å²) in [6.45, 7) is 0. The van der Waals surface area contributed by atoms with Crippen LogP contribution in [-0.4, -0.2) is 16.0 Å². The van der Waals surface area contributed by atoms with Crippen LogP contribution in [0.2, 0.25) is 15.1 Å². The number of benzene rings is 4. The number of halogens is 3. The number of carbonyl (C=O) groups is 1. The molecule has 0 radical (unpaired) electrons. The number of oxazole rings is 1. The van der Waals surface area contributed by atoms with Crippen molar-refractivity contribution in [3.05, 3.63) is 92.7 Å². The van der Waals surface area contributed by atoms with Gasteiger partial charge in [-0.2, -0.15) is 0 Å². The molecular formula is C27H14Cl3N3O2S2. The van der Waals surface area contributed by atoms with Crippen LogP contribution in [0, 0.1) is 0 Å². The number of fused-ring (bicyclic) bond motifs is 3. The number of nitrogens with one attached hydrogen (secondary N) is 2. The maximum atomic E-state index is 12.8. The van der Waals surface area contributed by atoms with Gasteiger partial charge in [-0.3, -0.25) is 10.1 Å². The van der Waals surface area contributed by atoms with E-state index in [0.29, 0.717) is 42.6 Å². The van der Waals surface area contributed by atoms with Gasteiger partial charge in [-0.1, -0.05) is 65.1 Å². The van der Waals surface area contributed by atoms with Crippen molar-refractivity contribution in [3.63, 3.8) is 0 Å². The number of aromatic nitrogens is 1. The van der Waals surface area contributed by atoms with Crippen molar-refractivity contribution in [3.8, 4) is 11.5 Å². The maximum Gasteiger partial charge on any atom is 0.269 e. The molecular weight excluding hydrogens is 569 g/mol. The molecule has 0 aliphatic heterocycles. The fourth-order valence-electron chi connectivity index (χ4n) is 4.09. The number of carbonyl (C=O) groups excluding carboxylic acids is 1. The third kappa shape index (κ3) is 4.54. The quantitative estimate of drug-likeness (QED) is 0.204. The molecule has 2 heterocycles. The van der Waals surface area contributed by atoms with Crippen LogP contribution in [0.4, 0.5) is 5.69 Å². The zero-order chi connectivity index (χ0) is 25.7. The first-order valence-corrected chi connectivity index (χ1v) is 13.3. The number of nitrogens with zero attached hydrogens (tertiary/aromatic N) is 1. The number of anilines is 1. The molecule has 0 spiro atoms. The third-order valence-corrected chi connectivity index (χ3v) is 8.19. The zero-order valence-corrected chi connectivity index (χ0v) is 22.5. The smallest absolute Gasteiger partial charge is 0.269 e. The molecule has 0 aliphatic rings. The van der Waals surface area contributed by atoms with E-state index < -0.39 is 5.91 Å². The molecule has 0 saturated heterocycles. The van der Waals surface area contributed by atoms with Gasteiger partial charge in [0.25, 0.3) is 5.91 Å². The Labute approximate surface area is 235 Å². The lowest BCUT2D eigenvalue weighted by Crippen LogP contribution is -2.33. The average Bonchev–Trinajstić information content (AvgIpc) is 3.44. The third-order valence-electron chi connectivity index (χ3n) is 5.77. The lowest BCUT2D eigenvalue weighted by molar-refractivity contribution is 0.0982. The number of amides is 1. The Balaban J connectivity index is 1.23. The normalized spacial score (nSPS) is 11.3. The summed E-state index contributed by atoms with van der Waals surface area (Å²) in [5.74, 6) is 0.0784. The second-order valence-electron chi connectivity index (χ2n) is 8.14. The van der Waals surface area contributed by atoms with Crippen molar-refractivity contribution >= 4 is 107 Å². The summed E-state index contributed by atoms with van der Waals surface area (Å²) in [5.41, 5.74) is 2.74. The molecule has 182 valence electrons. The highest BCUT2D eigenvalue weighted by Gasteiger charge is 2.19. The summed E-state index contributed by atoms with van der Waals surface area (Å²) in [7, 11) is 0. The Morgan fingerprint density at radius 2 is 1.73 bits per heavy atom. The van der Waals surface area contributed by atoms with Crippen LogP contribution in [0.1, 0.15) is 9.67 Å². The van der Waals surface area contributed by atoms with Gasteiger partial charge in [0.2, 0.25) is 5.89 Å². The van der Waals surface area contributed by atoms with E-state index >= 15 is 0 Å². The summed E-state index contributed by atoms with van der Waals surface area (Å²) >= 11 is 25.5. The topological polar surface area (TPSA) is 67.2 Å². The number of hydrogen-bond donors (Lipinski definition) is 2. The van der Waals surface area contributed by atoms with Crippen LogP contribution in [-0.2, 0) is 0 Å². The Hall–Kier alpha value is -3.20. The van der Waals surface area contributed by atoms with E-state index in [1.165, 1.54) is 11.3 Å². The summed E-state index contributed by atoms with van der Waals surface area (Å²) in [4.78, 5) is 17.9. The van der Waals surface area contributed by atoms with Crippen LogP contribution in [0.3, 0.4) is 0 Å². The van der Waals surface area contributed by atoms with Gasteiger partial charge in [0, 0.05) is 36.8 Å². The Bertz CT molecular complexity index is 1880. The van der Waals surface area contributed by atoms with E-state index in [-0.39, 0.29) is 5.11 Å². The van der Waals surface area contributed by atoms with Crippen molar-refractivity contribution in [1.82, 2.24) is 10.3 Å². The van der Waals surface area contributed by atoms with Gasteiger partial charge in [-0.05, 0) is 60.1 Å². The van der Waals surface area contributed by atoms with Crippen molar-refractivity contribution in [2.75, 3.05) is 5.32 Å². The van der Waals surface area contributed by atoms with E-state index in [1.54, 1.807) is 36.4 Å². The first kappa shape index (κ1) is 24.2. The highest BCUT2D eigenvalue weighted by Crippen LogP contribution is 2.37. The largest absolute Gasteiger partial charge is 0.436 e. The van der Waals surface area contributed by atoms with Gasteiger partial charge >= 0.3 is 0 Å². The SMILES string of the molecule is O=C(NC(=S)Nc1ccc2oc(-c3cccc4c(Cl)cccc34)nc2c1)c1sc2cc(Cl)ccc2c1Cl. The predicted octanol–water partition coefficient (Wildman–Crippen LogP) is 8.95. The zero-order valence-electron chi connectivity index (χ0n) is 18.6. The Kier molecular flexibility index (Phi) is 6.26. The summed E-state index contributed by atoms with van der Waals surface area (Å²) in [6, 6.07) is 22.2. The van der Waals surface area contributed by atoms with Gasteiger partial charge in [0.15, 0.2) is 10.7 Å². The van der Waals surface area contributed by atoms with Gasteiger partial charge in [-0.15, -0.1) is 11.3 Å². The van der Waals surface area contributed by atoms with Crippen LogP contribution in [0.15, 0.2) is 77.2 Å². The molecule has 0 fully saturated rings. The van der Waals surface area contributed by atoms with Crippen LogP contribution in [0.25, 0.3) is 43.4 Å². The van der Waals surface area contributed by atoms with Crippen molar-refractivity contribution in [2.45, 2.75) is 0 Å². The van der Waals surface area contributed by atoms with Crippen molar-refractivity contribution in [2.24, 2.45) is 0 Å². The Morgan fingerprint density at radius 1 is 0.919 bits per heavy atom. The first-order chi connectivity index (χ1) is 17.9. The molecule has 0 saturated carbocycles. The number of rotatable bonds is 3. The highest BCUT2D eigenvalue weighted by molar-refractivity contribution is 7.80. The number of thiocarbonyl (C=S) groups is 1. The lowest BCUT2D eigenvalue weighted by atomic mass is 10.0. The molecule has 4 aromatic carbocycles. The molecule has 0 unspecified atom stereocenters. The standard InChI is InChI=1S/C27H14Cl3N3O2S2/c28-13-7-9-18-22(11-13)37-24(23(18)30)25(34)33-27(36)31-14-8-10-21-20(12-14)32-26(35-21)17-5-1-4-16-15(17)3-2-6-19(16)29/h1-12H,(H2,31,33,34,36). The monoisotopic (exact) mass is 581 g/mol. The van der Waals surface area contributed by atoms with Crippen LogP contribution < -0.4 is 10.6 Å². The first-order valence-electron chi connectivity index (χ1n) is 11.0. The molecule has 1 amide bonds. The molecule has 10 heteroatoms. The van der Waals surface area contributed by atoms with Gasteiger partial charge in [0.05, 0.1) is 5.02 Å². The second-order valence-corrected chi connectivity index (χ2v) is 10.8. The molecule has 6 rings (SSSR count). The summed E-state index contributed by atoms with van der Waals surface area (Å²) in [5, 5.41) is 10.1.